The summed E-state index contributed by atoms with van der Waals surface area (Å²) in [7, 11) is 0. The van der Waals surface area contributed by atoms with Crippen LogP contribution in [0.1, 0.15) is 33.6 Å². The normalized spacial score (nSPS) is 9.92. The Balaban J connectivity index is 0. The van der Waals surface area contributed by atoms with E-state index in [-0.39, 0.29) is 11.8 Å². The van der Waals surface area contributed by atoms with Gasteiger partial charge in [0.1, 0.15) is 0 Å². The lowest BCUT2D eigenvalue weighted by molar-refractivity contribution is -0.116. The predicted octanol–water partition coefficient (Wildman–Crippen LogP) is 0.710. The summed E-state index contributed by atoms with van der Waals surface area (Å²) >= 11 is 0. The first-order valence-corrected chi connectivity index (χ1v) is 4.14. The average Bonchev–Trinajstić information content (AvgIpc) is 1.98. The fraction of sp³-hybridized carbons (Fsp3) is 0.556. The fourth-order valence-corrected chi connectivity index (χ4v) is 0.461. The Morgan fingerprint density at radius 2 is 1.62 bits per heavy atom. The fourth-order valence-electron chi connectivity index (χ4n) is 0.461. The number of primary amides is 2. The van der Waals surface area contributed by atoms with Crippen molar-refractivity contribution < 1.29 is 9.59 Å². The molecule has 0 spiro atoms. The van der Waals surface area contributed by atoms with Gasteiger partial charge in [-0.2, -0.15) is 0 Å². The first kappa shape index (κ1) is 14.2. The van der Waals surface area contributed by atoms with E-state index in [4.69, 9.17) is 5.73 Å². The van der Waals surface area contributed by atoms with Crippen LogP contribution in [0, 0.1) is 0 Å². The minimum absolute atomic E-state index is 0.316. The average molecular weight is 186 g/mol. The van der Waals surface area contributed by atoms with Crippen LogP contribution in [0.5, 0.6) is 0 Å². The lowest BCUT2D eigenvalue weighted by Gasteiger charge is -1.90. The molecule has 4 nitrogen and oxygen atoms in total. The quantitative estimate of drug-likeness (QED) is 0.636. The Kier molecular flexibility index (Phi) is 9.60. The third kappa shape index (κ3) is 18.0. The van der Waals surface area contributed by atoms with Crippen molar-refractivity contribution in [3.63, 3.8) is 0 Å². The lowest BCUT2D eigenvalue weighted by Crippen LogP contribution is -2.11. The third-order valence-electron chi connectivity index (χ3n) is 1.13. The van der Waals surface area contributed by atoms with Gasteiger partial charge in [-0.3, -0.25) is 9.59 Å². The number of allylic oxidation sites excluding steroid dienone is 1. The first-order chi connectivity index (χ1) is 5.91. The topological polar surface area (TPSA) is 86.2 Å². The predicted molar refractivity (Wildman–Crippen MR) is 52.7 cm³/mol. The van der Waals surface area contributed by atoms with Crippen LogP contribution < -0.4 is 11.5 Å². The highest BCUT2D eigenvalue weighted by atomic mass is 16.1. The summed E-state index contributed by atoms with van der Waals surface area (Å²) in [5.74, 6) is -0.650. The van der Waals surface area contributed by atoms with Crippen molar-refractivity contribution in [3.05, 3.63) is 11.6 Å². The molecular weight excluding hydrogens is 168 g/mol. The maximum absolute atomic E-state index is 10.4. The molecule has 0 radical (unpaired) electrons. The van der Waals surface area contributed by atoms with Crippen molar-refractivity contribution in [1.82, 2.24) is 0 Å². The SMILES string of the molecule is CC(N)=O.CCCC=C(C)C(N)=O. The molecule has 0 saturated carbocycles. The molecule has 76 valence electrons. The van der Waals surface area contributed by atoms with E-state index in [1.165, 1.54) is 6.92 Å². The minimum Gasteiger partial charge on any atom is -0.370 e. The molecule has 0 saturated heterocycles. The number of carbonyl (C=O) groups excluding carboxylic acids is 2. The Morgan fingerprint density at radius 1 is 1.23 bits per heavy atom. The molecule has 0 aromatic heterocycles. The molecule has 0 heterocycles. The molecule has 4 heteroatoms. The summed E-state index contributed by atoms with van der Waals surface area (Å²) < 4.78 is 0. The number of rotatable bonds is 3. The molecule has 0 aromatic rings. The highest BCUT2D eigenvalue weighted by Crippen LogP contribution is 1.95. The van der Waals surface area contributed by atoms with E-state index >= 15 is 0 Å². The molecule has 13 heavy (non-hydrogen) atoms. The Labute approximate surface area is 79.0 Å². The lowest BCUT2D eigenvalue weighted by atomic mass is 10.2. The van der Waals surface area contributed by atoms with Gasteiger partial charge >= 0.3 is 0 Å². The van der Waals surface area contributed by atoms with Gasteiger partial charge in [-0.25, -0.2) is 0 Å². The van der Waals surface area contributed by atoms with Crippen molar-refractivity contribution in [2.75, 3.05) is 0 Å². The van der Waals surface area contributed by atoms with Gasteiger partial charge in [0.2, 0.25) is 11.8 Å². The minimum atomic E-state index is -0.333. The number of nitrogens with two attached hydrogens (primary N) is 2. The zero-order valence-corrected chi connectivity index (χ0v) is 8.46. The van der Waals surface area contributed by atoms with Gasteiger partial charge in [-0.1, -0.05) is 19.4 Å². The molecule has 0 bridgehead atoms. The largest absolute Gasteiger partial charge is 0.370 e. The Morgan fingerprint density at radius 3 is 1.85 bits per heavy atom. The van der Waals surface area contributed by atoms with Gasteiger partial charge in [-0.05, 0) is 13.3 Å². The molecule has 0 aliphatic carbocycles. The van der Waals surface area contributed by atoms with Crippen LogP contribution in [0.3, 0.4) is 0 Å². The zero-order valence-electron chi connectivity index (χ0n) is 8.46. The van der Waals surface area contributed by atoms with Crippen LogP contribution in [0.2, 0.25) is 0 Å². The second-order valence-electron chi connectivity index (χ2n) is 2.65. The van der Waals surface area contributed by atoms with Gasteiger partial charge in [0, 0.05) is 12.5 Å². The van der Waals surface area contributed by atoms with E-state index in [0.717, 1.165) is 12.8 Å². The van der Waals surface area contributed by atoms with Crippen molar-refractivity contribution in [2.45, 2.75) is 33.6 Å². The summed E-state index contributed by atoms with van der Waals surface area (Å²) in [4.78, 5) is 19.6. The van der Waals surface area contributed by atoms with Gasteiger partial charge in [0.15, 0.2) is 0 Å². The van der Waals surface area contributed by atoms with Gasteiger partial charge in [0.25, 0.3) is 0 Å². The van der Waals surface area contributed by atoms with E-state index in [9.17, 15) is 9.59 Å². The maximum atomic E-state index is 10.4. The van der Waals surface area contributed by atoms with Crippen LogP contribution in [0.25, 0.3) is 0 Å². The van der Waals surface area contributed by atoms with E-state index in [2.05, 4.69) is 12.7 Å². The van der Waals surface area contributed by atoms with Crippen LogP contribution >= 0.6 is 0 Å². The molecule has 2 amide bonds. The van der Waals surface area contributed by atoms with Crippen LogP contribution in [-0.4, -0.2) is 11.8 Å². The van der Waals surface area contributed by atoms with Crippen molar-refractivity contribution in [1.29, 1.82) is 0 Å². The maximum Gasteiger partial charge on any atom is 0.244 e. The Hall–Kier alpha value is -1.32. The zero-order chi connectivity index (χ0) is 10.9. The molecule has 0 aromatic carbocycles. The molecule has 0 unspecified atom stereocenters. The highest BCUT2D eigenvalue weighted by Gasteiger charge is 1.93. The third-order valence-corrected chi connectivity index (χ3v) is 1.13. The summed E-state index contributed by atoms with van der Waals surface area (Å²) in [6, 6.07) is 0. The van der Waals surface area contributed by atoms with Crippen LogP contribution in [-0.2, 0) is 9.59 Å². The number of hydrogen-bond donors (Lipinski definition) is 2. The number of unbranched alkanes of at least 4 members (excludes halogenated alkanes) is 1. The van der Waals surface area contributed by atoms with E-state index in [0.29, 0.717) is 5.57 Å². The summed E-state index contributed by atoms with van der Waals surface area (Å²) in [6.07, 6.45) is 3.86. The van der Waals surface area contributed by atoms with Gasteiger partial charge in [0.05, 0.1) is 0 Å². The molecule has 0 rings (SSSR count). The first-order valence-electron chi connectivity index (χ1n) is 4.14. The highest BCUT2D eigenvalue weighted by molar-refractivity contribution is 5.91. The van der Waals surface area contributed by atoms with Crippen molar-refractivity contribution >= 4 is 11.8 Å². The monoisotopic (exact) mass is 186 g/mol. The Bertz CT molecular complexity index is 194. The molecular formula is C9H18N2O2. The summed E-state index contributed by atoms with van der Waals surface area (Å²) in [5, 5.41) is 0. The number of amides is 2. The molecule has 4 N–H and O–H groups in total. The van der Waals surface area contributed by atoms with Crippen molar-refractivity contribution in [2.24, 2.45) is 11.5 Å². The van der Waals surface area contributed by atoms with Crippen LogP contribution in [0.15, 0.2) is 11.6 Å². The number of hydrogen-bond acceptors (Lipinski definition) is 2. The van der Waals surface area contributed by atoms with E-state index < -0.39 is 0 Å². The van der Waals surface area contributed by atoms with E-state index in [1.807, 2.05) is 6.08 Å². The molecule has 0 aliphatic heterocycles. The second kappa shape index (κ2) is 8.77. The van der Waals surface area contributed by atoms with Gasteiger partial charge in [-0.15, -0.1) is 0 Å². The summed E-state index contributed by atoms with van der Waals surface area (Å²) in [6.45, 7) is 5.10. The molecule has 0 aliphatic rings. The molecule has 0 fully saturated rings. The standard InChI is InChI=1S/C7H13NO.C2H5NO/c1-3-4-5-6(2)7(8)9;1-2(3)4/h5H,3-4H2,1-2H3,(H2,8,9);1H3,(H2,3,4). The number of carbonyl (C=O) groups is 2. The second-order valence-corrected chi connectivity index (χ2v) is 2.65. The smallest absolute Gasteiger partial charge is 0.244 e. The molecule has 0 atom stereocenters. The van der Waals surface area contributed by atoms with E-state index in [1.54, 1.807) is 6.92 Å². The van der Waals surface area contributed by atoms with Crippen molar-refractivity contribution in [3.8, 4) is 0 Å². The van der Waals surface area contributed by atoms with Crippen LogP contribution in [0.4, 0.5) is 0 Å². The van der Waals surface area contributed by atoms with Gasteiger partial charge < -0.3 is 11.5 Å². The summed E-state index contributed by atoms with van der Waals surface area (Å²) in [5.41, 5.74) is 10.1.